The van der Waals surface area contributed by atoms with Crippen molar-refractivity contribution in [1.29, 1.82) is 0 Å². The van der Waals surface area contributed by atoms with Crippen LogP contribution in [0.3, 0.4) is 0 Å². The molecule has 160 valence electrons. The molecule has 4 rings (SSSR count). The number of hydrogen-bond donors (Lipinski definition) is 2. The smallest absolute Gasteiger partial charge is 0.416 e. The second-order valence-electron chi connectivity index (χ2n) is 7.12. The summed E-state index contributed by atoms with van der Waals surface area (Å²) in [6, 6.07) is 11.7. The molecule has 0 fully saturated rings. The molecule has 0 amide bonds. The molecule has 1 aliphatic rings. The van der Waals surface area contributed by atoms with E-state index >= 15 is 0 Å². The fourth-order valence-corrected chi connectivity index (χ4v) is 3.76. The number of aromatic nitrogens is 1. The zero-order chi connectivity index (χ0) is 22.2. The minimum Gasteiger partial charge on any atom is -0.478 e. The lowest BCUT2D eigenvalue weighted by molar-refractivity contribution is -0.138. The van der Waals surface area contributed by atoms with Gasteiger partial charge in [0.25, 0.3) is 0 Å². The molecule has 0 saturated heterocycles. The van der Waals surface area contributed by atoms with Gasteiger partial charge >= 0.3 is 12.1 Å². The van der Waals surface area contributed by atoms with Gasteiger partial charge in [-0.15, -0.1) is 0 Å². The van der Waals surface area contributed by atoms with Crippen LogP contribution in [-0.4, -0.2) is 29.1 Å². The standard InChI is InChI=1S/C22H17ClF3N3O2/c23-17-5-6-18(22(24,25)26)16(9-17)12-29-8-7-27-20-19(29)10-15(11-28-20)13-1-3-14(4-2-13)21(30)31/h1-6,9-11H,7-8,12H2,(H,27,28)(H,30,31). The van der Waals surface area contributed by atoms with Gasteiger partial charge in [0, 0.05) is 36.4 Å². The van der Waals surface area contributed by atoms with Crippen molar-refractivity contribution in [2.24, 2.45) is 0 Å². The summed E-state index contributed by atoms with van der Waals surface area (Å²) in [5.74, 6) is -0.444. The molecular formula is C22H17ClF3N3O2. The average Bonchev–Trinajstić information content (AvgIpc) is 2.73. The van der Waals surface area contributed by atoms with E-state index in [4.69, 9.17) is 16.7 Å². The second kappa shape index (κ2) is 8.11. The molecule has 2 N–H and O–H groups in total. The first-order chi connectivity index (χ1) is 14.7. The first kappa shape index (κ1) is 21.0. The lowest BCUT2D eigenvalue weighted by Crippen LogP contribution is -2.34. The monoisotopic (exact) mass is 447 g/mol. The highest BCUT2D eigenvalue weighted by molar-refractivity contribution is 6.30. The molecular weight excluding hydrogens is 431 g/mol. The van der Waals surface area contributed by atoms with E-state index in [0.717, 1.165) is 17.2 Å². The van der Waals surface area contributed by atoms with E-state index in [0.29, 0.717) is 24.6 Å². The van der Waals surface area contributed by atoms with E-state index in [1.54, 1.807) is 18.3 Å². The number of halogens is 4. The average molecular weight is 448 g/mol. The molecule has 2 heterocycles. The van der Waals surface area contributed by atoms with Crippen LogP contribution in [0.25, 0.3) is 11.1 Å². The molecule has 0 atom stereocenters. The van der Waals surface area contributed by atoms with Crippen LogP contribution in [0.1, 0.15) is 21.5 Å². The predicted molar refractivity (Wildman–Crippen MR) is 113 cm³/mol. The summed E-state index contributed by atoms with van der Waals surface area (Å²) in [5, 5.41) is 12.5. The number of carboxylic acids is 1. The van der Waals surface area contributed by atoms with E-state index in [1.807, 2.05) is 11.0 Å². The summed E-state index contributed by atoms with van der Waals surface area (Å²) in [5.41, 5.74) is 1.68. The number of nitrogens with zero attached hydrogens (tertiary/aromatic N) is 2. The number of aromatic carboxylic acids is 1. The Morgan fingerprint density at radius 3 is 2.55 bits per heavy atom. The van der Waals surface area contributed by atoms with Crippen LogP contribution >= 0.6 is 11.6 Å². The third-order valence-corrected chi connectivity index (χ3v) is 5.32. The molecule has 0 bridgehead atoms. The summed E-state index contributed by atoms with van der Waals surface area (Å²) in [4.78, 5) is 17.3. The van der Waals surface area contributed by atoms with Gasteiger partial charge in [0.1, 0.15) is 5.82 Å². The number of carboxylic acid groups (broad SMARTS) is 1. The van der Waals surface area contributed by atoms with Crippen LogP contribution in [0.2, 0.25) is 5.02 Å². The first-order valence-corrected chi connectivity index (χ1v) is 9.78. The van der Waals surface area contributed by atoms with Gasteiger partial charge in [-0.1, -0.05) is 23.7 Å². The molecule has 0 spiro atoms. The van der Waals surface area contributed by atoms with Crippen molar-refractivity contribution in [3.63, 3.8) is 0 Å². The number of carbonyl (C=O) groups is 1. The molecule has 9 heteroatoms. The lowest BCUT2D eigenvalue weighted by atomic mass is 10.0. The Hall–Kier alpha value is -3.26. The number of rotatable bonds is 4. The highest BCUT2D eigenvalue weighted by Gasteiger charge is 2.34. The number of anilines is 2. The SMILES string of the molecule is O=C(O)c1ccc(-c2cnc3c(c2)N(Cc2cc(Cl)ccc2C(F)(F)F)CCN3)cc1. The minimum absolute atomic E-state index is 0.0210. The summed E-state index contributed by atoms with van der Waals surface area (Å²) in [7, 11) is 0. The highest BCUT2D eigenvalue weighted by atomic mass is 35.5. The largest absolute Gasteiger partial charge is 0.478 e. The maximum atomic E-state index is 13.5. The minimum atomic E-state index is -4.48. The summed E-state index contributed by atoms with van der Waals surface area (Å²) >= 11 is 5.97. The number of hydrogen-bond acceptors (Lipinski definition) is 4. The zero-order valence-corrected chi connectivity index (χ0v) is 16.8. The maximum absolute atomic E-state index is 13.5. The number of benzene rings is 2. The van der Waals surface area contributed by atoms with E-state index in [9.17, 15) is 18.0 Å². The Morgan fingerprint density at radius 2 is 1.87 bits per heavy atom. The van der Waals surface area contributed by atoms with E-state index in [1.165, 1.54) is 24.3 Å². The molecule has 3 aromatic rings. The van der Waals surface area contributed by atoms with Crippen LogP contribution in [0.5, 0.6) is 0 Å². The molecule has 0 saturated carbocycles. The van der Waals surface area contributed by atoms with Gasteiger partial charge in [-0.3, -0.25) is 0 Å². The second-order valence-corrected chi connectivity index (χ2v) is 7.56. The van der Waals surface area contributed by atoms with Crippen molar-refractivity contribution in [1.82, 2.24) is 4.98 Å². The molecule has 0 unspecified atom stereocenters. The molecule has 31 heavy (non-hydrogen) atoms. The molecule has 0 radical (unpaired) electrons. The van der Waals surface area contributed by atoms with Crippen molar-refractivity contribution in [3.05, 3.63) is 76.4 Å². The Balaban J connectivity index is 1.69. The van der Waals surface area contributed by atoms with Gasteiger partial charge in [-0.2, -0.15) is 13.2 Å². The maximum Gasteiger partial charge on any atom is 0.416 e. The van der Waals surface area contributed by atoms with Crippen LogP contribution in [0.15, 0.2) is 54.7 Å². The van der Waals surface area contributed by atoms with E-state index in [2.05, 4.69) is 10.3 Å². The summed E-state index contributed by atoms with van der Waals surface area (Å²) < 4.78 is 40.4. The van der Waals surface area contributed by atoms with Crippen LogP contribution in [-0.2, 0) is 12.7 Å². The lowest BCUT2D eigenvalue weighted by Gasteiger charge is -2.32. The molecule has 1 aromatic heterocycles. The topological polar surface area (TPSA) is 65.5 Å². The Labute approximate surface area is 181 Å². The fourth-order valence-electron chi connectivity index (χ4n) is 3.56. The van der Waals surface area contributed by atoms with Crippen molar-refractivity contribution < 1.29 is 23.1 Å². The van der Waals surface area contributed by atoms with Crippen LogP contribution in [0.4, 0.5) is 24.7 Å². The van der Waals surface area contributed by atoms with Crippen molar-refractivity contribution >= 4 is 29.1 Å². The quantitative estimate of drug-likeness (QED) is 0.549. The van der Waals surface area contributed by atoms with Gasteiger partial charge in [-0.25, -0.2) is 9.78 Å². The Kier molecular flexibility index (Phi) is 5.49. The highest BCUT2D eigenvalue weighted by Crippen LogP contribution is 2.37. The molecule has 1 aliphatic heterocycles. The molecule has 0 aliphatic carbocycles. The Bertz CT molecular complexity index is 1130. The van der Waals surface area contributed by atoms with Gasteiger partial charge in [-0.05, 0) is 47.5 Å². The third-order valence-electron chi connectivity index (χ3n) is 5.08. The van der Waals surface area contributed by atoms with E-state index < -0.39 is 17.7 Å². The van der Waals surface area contributed by atoms with Crippen LogP contribution < -0.4 is 10.2 Å². The van der Waals surface area contributed by atoms with Gasteiger partial charge < -0.3 is 15.3 Å². The van der Waals surface area contributed by atoms with Crippen LogP contribution in [0, 0.1) is 0 Å². The van der Waals surface area contributed by atoms with Gasteiger partial charge in [0.05, 0.1) is 16.8 Å². The van der Waals surface area contributed by atoms with Gasteiger partial charge in [0.15, 0.2) is 0 Å². The number of nitrogens with one attached hydrogen (secondary N) is 1. The first-order valence-electron chi connectivity index (χ1n) is 9.40. The number of fused-ring (bicyclic) bond motifs is 1. The van der Waals surface area contributed by atoms with Crippen molar-refractivity contribution in [2.75, 3.05) is 23.3 Å². The fraction of sp³-hybridized carbons (Fsp3) is 0.182. The zero-order valence-electron chi connectivity index (χ0n) is 16.1. The van der Waals surface area contributed by atoms with E-state index in [-0.39, 0.29) is 22.7 Å². The third kappa shape index (κ3) is 4.44. The van der Waals surface area contributed by atoms with Crippen molar-refractivity contribution in [3.8, 4) is 11.1 Å². The number of alkyl halides is 3. The summed E-state index contributed by atoms with van der Waals surface area (Å²) in [6.07, 6.45) is -2.84. The molecule has 5 nitrogen and oxygen atoms in total. The van der Waals surface area contributed by atoms with Crippen molar-refractivity contribution in [2.45, 2.75) is 12.7 Å². The predicted octanol–water partition coefficient (Wildman–Crippen LogP) is 5.55. The number of pyridine rings is 1. The Morgan fingerprint density at radius 1 is 1.13 bits per heavy atom. The summed E-state index contributed by atoms with van der Waals surface area (Å²) in [6.45, 7) is 1.04. The van der Waals surface area contributed by atoms with Gasteiger partial charge in [0.2, 0.25) is 0 Å². The normalized spacial score (nSPS) is 13.5. The molecule has 2 aromatic carbocycles.